The normalized spacial score (nSPS) is 15.4. The van der Waals surface area contributed by atoms with Gasteiger partial charge in [-0.3, -0.25) is 4.21 Å². The van der Waals surface area contributed by atoms with E-state index < -0.39 is 10.8 Å². The number of nitrogens with one attached hydrogen (secondary N) is 1. The van der Waals surface area contributed by atoms with Crippen LogP contribution in [-0.2, 0) is 10.8 Å². The first-order valence-electron chi connectivity index (χ1n) is 7.39. The van der Waals surface area contributed by atoms with Gasteiger partial charge >= 0.3 is 0 Å². The van der Waals surface area contributed by atoms with Crippen LogP contribution in [0.1, 0.15) is 31.0 Å². The quantitative estimate of drug-likeness (QED) is 0.878. The van der Waals surface area contributed by atoms with Crippen LogP contribution in [0.2, 0.25) is 0 Å². The van der Waals surface area contributed by atoms with Crippen molar-refractivity contribution in [2.45, 2.75) is 37.0 Å². The van der Waals surface area contributed by atoms with Crippen LogP contribution in [0.15, 0.2) is 59.5 Å². The Kier molecular flexibility index (Phi) is 5.71. The van der Waals surface area contributed by atoms with Gasteiger partial charge in [-0.25, -0.2) is 0 Å². The zero-order chi connectivity index (χ0) is 15.2. The van der Waals surface area contributed by atoms with Gasteiger partial charge in [0.2, 0.25) is 0 Å². The lowest BCUT2D eigenvalue weighted by molar-refractivity contribution is 0.535. The van der Waals surface area contributed by atoms with Crippen molar-refractivity contribution in [3.63, 3.8) is 0 Å². The molecule has 0 saturated heterocycles. The molecule has 3 unspecified atom stereocenters. The van der Waals surface area contributed by atoms with Crippen molar-refractivity contribution < 1.29 is 4.21 Å². The van der Waals surface area contributed by atoms with Crippen molar-refractivity contribution in [1.29, 1.82) is 0 Å². The van der Waals surface area contributed by atoms with Crippen molar-refractivity contribution in [2.75, 3.05) is 6.54 Å². The molecule has 0 amide bonds. The second-order valence-corrected chi connectivity index (χ2v) is 7.07. The summed E-state index contributed by atoms with van der Waals surface area (Å²) in [6.07, 6.45) is 0. The molecule has 0 saturated carbocycles. The maximum absolute atomic E-state index is 12.8. The first-order chi connectivity index (χ1) is 10.1. The van der Waals surface area contributed by atoms with E-state index in [4.69, 9.17) is 0 Å². The first kappa shape index (κ1) is 15.9. The number of rotatable bonds is 6. The summed E-state index contributed by atoms with van der Waals surface area (Å²) in [5.74, 6) is 0. The molecule has 0 radical (unpaired) electrons. The van der Waals surface area contributed by atoms with Crippen LogP contribution in [0.4, 0.5) is 0 Å². The summed E-state index contributed by atoms with van der Waals surface area (Å²) in [6, 6.07) is 18.3. The molecule has 3 heteroatoms. The molecule has 2 aromatic rings. The average Bonchev–Trinajstić information content (AvgIpc) is 2.53. The molecule has 0 fully saturated rings. The van der Waals surface area contributed by atoms with Crippen LogP contribution in [0.5, 0.6) is 0 Å². The Morgan fingerprint density at radius 2 is 1.67 bits per heavy atom. The van der Waals surface area contributed by atoms with Crippen molar-refractivity contribution >= 4 is 10.8 Å². The first-order valence-corrected chi connectivity index (χ1v) is 8.60. The Bertz CT molecular complexity index is 580. The average molecular weight is 301 g/mol. The van der Waals surface area contributed by atoms with E-state index in [9.17, 15) is 4.21 Å². The Labute approximate surface area is 130 Å². The van der Waals surface area contributed by atoms with Gasteiger partial charge in [-0.15, -0.1) is 0 Å². The minimum absolute atomic E-state index is 0.00931. The lowest BCUT2D eigenvalue weighted by atomic mass is 10.0. The van der Waals surface area contributed by atoms with Gasteiger partial charge in [0.15, 0.2) is 0 Å². The lowest BCUT2D eigenvalue weighted by Gasteiger charge is -2.25. The molecule has 0 bridgehead atoms. The van der Waals surface area contributed by atoms with E-state index >= 15 is 0 Å². The zero-order valence-electron chi connectivity index (χ0n) is 12.9. The third kappa shape index (κ3) is 4.02. The molecule has 1 N–H and O–H groups in total. The van der Waals surface area contributed by atoms with Crippen LogP contribution in [0.25, 0.3) is 0 Å². The minimum atomic E-state index is -1.03. The maximum Gasteiger partial charge on any atom is 0.0577 e. The van der Waals surface area contributed by atoms with E-state index in [1.54, 1.807) is 0 Å². The van der Waals surface area contributed by atoms with Gasteiger partial charge in [0.05, 0.1) is 16.0 Å². The highest BCUT2D eigenvalue weighted by Gasteiger charge is 2.24. The monoisotopic (exact) mass is 301 g/mol. The molecule has 0 aromatic heterocycles. The molecule has 0 aliphatic carbocycles. The minimum Gasteiger partial charge on any atom is -0.309 e. The Hall–Kier alpha value is -1.45. The van der Waals surface area contributed by atoms with Crippen LogP contribution < -0.4 is 5.32 Å². The Morgan fingerprint density at radius 1 is 1.05 bits per heavy atom. The highest BCUT2D eigenvalue weighted by molar-refractivity contribution is 7.85. The highest BCUT2D eigenvalue weighted by Crippen LogP contribution is 2.24. The summed E-state index contributed by atoms with van der Waals surface area (Å²) in [5.41, 5.74) is 2.38. The topological polar surface area (TPSA) is 29.1 Å². The van der Waals surface area contributed by atoms with E-state index in [1.807, 2.05) is 49.4 Å². The number of aryl methyl sites for hydroxylation is 1. The molecule has 0 aliphatic heterocycles. The summed E-state index contributed by atoms with van der Waals surface area (Å²) in [7, 11) is -1.03. The third-order valence-corrected chi connectivity index (χ3v) is 5.33. The molecular weight excluding hydrogens is 278 g/mol. The van der Waals surface area contributed by atoms with Crippen LogP contribution in [0, 0.1) is 6.92 Å². The predicted molar refractivity (Wildman–Crippen MR) is 89.9 cm³/mol. The van der Waals surface area contributed by atoms with Gasteiger partial charge in [-0.1, -0.05) is 55.0 Å². The molecule has 0 aliphatic rings. The fourth-order valence-corrected chi connectivity index (χ4v) is 3.78. The van der Waals surface area contributed by atoms with Crippen LogP contribution in [0.3, 0.4) is 0 Å². The van der Waals surface area contributed by atoms with Gasteiger partial charge in [0, 0.05) is 10.9 Å². The van der Waals surface area contributed by atoms with Crippen LogP contribution in [-0.4, -0.2) is 16.0 Å². The van der Waals surface area contributed by atoms with Crippen molar-refractivity contribution in [1.82, 2.24) is 5.32 Å². The molecule has 2 aromatic carbocycles. The molecule has 3 atom stereocenters. The number of benzene rings is 2. The van der Waals surface area contributed by atoms with Gasteiger partial charge in [-0.2, -0.15) is 0 Å². The summed E-state index contributed by atoms with van der Waals surface area (Å²) >= 11 is 0. The standard InChI is InChI=1S/C18H23NOS/c1-4-19-18(16-8-6-5-7-9-16)15(3)21(20)17-12-10-14(2)11-13-17/h5-13,15,18-19H,4H2,1-3H3. The van der Waals surface area contributed by atoms with E-state index in [0.717, 1.165) is 11.4 Å². The van der Waals surface area contributed by atoms with Gasteiger partial charge in [0.25, 0.3) is 0 Å². The molecule has 0 spiro atoms. The lowest BCUT2D eigenvalue weighted by Crippen LogP contribution is -2.33. The summed E-state index contributed by atoms with van der Waals surface area (Å²) in [4.78, 5) is 0.895. The second-order valence-electron chi connectivity index (χ2n) is 5.26. The molecule has 112 valence electrons. The summed E-state index contributed by atoms with van der Waals surface area (Å²) in [6.45, 7) is 7.03. The largest absolute Gasteiger partial charge is 0.309 e. The molecule has 2 nitrogen and oxygen atoms in total. The number of hydrogen-bond acceptors (Lipinski definition) is 2. The maximum atomic E-state index is 12.8. The number of hydrogen-bond donors (Lipinski definition) is 1. The van der Waals surface area contributed by atoms with E-state index in [2.05, 4.69) is 31.3 Å². The Balaban J connectivity index is 2.24. The van der Waals surface area contributed by atoms with Gasteiger partial charge < -0.3 is 5.32 Å². The van der Waals surface area contributed by atoms with Crippen LogP contribution >= 0.6 is 0 Å². The summed E-state index contributed by atoms with van der Waals surface area (Å²) in [5, 5.41) is 3.48. The molecule has 0 heterocycles. The van der Waals surface area contributed by atoms with Gasteiger partial charge in [0.1, 0.15) is 0 Å². The highest BCUT2D eigenvalue weighted by atomic mass is 32.2. The van der Waals surface area contributed by atoms with Crippen molar-refractivity contribution in [2.24, 2.45) is 0 Å². The van der Waals surface area contributed by atoms with Crippen molar-refractivity contribution in [3.05, 3.63) is 65.7 Å². The predicted octanol–water partition coefficient (Wildman–Crippen LogP) is 3.84. The van der Waals surface area contributed by atoms with E-state index in [-0.39, 0.29) is 11.3 Å². The smallest absolute Gasteiger partial charge is 0.0577 e. The second kappa shape index (κ2) is 7.53. The SMILES string of the molecule is CCNC(c1ccccc1)C(C)S(=O)c1ccc(C)cc1. The fraction of sp³-hybridized carbons (Fsp3) is 0.333. The summed E-state index contributed by atoms with van der Waals surface area (Å²) < 4.78 is 12.8. The fourth-order valence-electron chi connectivity index (χ4n) is 2.45. The molecule has 21 heavy (non-hydrogen) atoms. The van der Waals surface area contributed by atoms with E-state index in [0.29, 0.717) is 0 Å². The zero-order valence-corrected chi connectivity index (χ0v) is 13.7. The molecular formula is C18H23NOS. The third-order valence-electron chi connectivity index (χ3n) is 3.64. The van der Waals surface area contributed by atoms with E-state index in [1.165, 1.54) is 11.1 Å². The van der Waals surface area contributed by atoms with Gasteiger partial charge in [-0.05, 0) is 38.1 Å². The van der Waals surface area contributed by atoms with Crippen molar-refractivity contribution in [3.8, 4) is 0 Å². The molecule has 2 rings (SSSR count). The Morgan fingerprint density at radius 3 is 2.24 bits per heavy atom.